The van der Waals surface area contributed by atoms with Gasteiger partial charge in [0.1, 0.15) is 0 Å². The van der Waals surface area contributed by atoms with E-state index in [1.54, 1.807) is 6.34 Å². The SMILES string of the molecule is C=C(CC)SC(=C)N=CN(C)C. The van der Waals surface area contributed by atoms with Crippen LogP contribution in [0.1, 0.15) is 13.3 Å². The van der Waals surface area contributed by atoms with Crippen LogP contribution in [0.25, 0.3) is 0 Å². The smallest absolute Gasteiger partial charge is 0.0950 e. The lowest BCUT2D eigenvalue weighted by molar-refractivity contribution is 0.643. The summed E-state index contributed by atoms with van der Waals surface area (Å²) in [5.41, 5.74) is 0. The molecule has 0 bridgehead atoms. The molecule has 0 aliphatic heterocycles. The highest BCUT2D eigenvalue weighted by molar-refractivity contribution is 8.06. The summed E-state index contributed by atoms with van der Waals surface area (Å²) in [6, 6.07) is 0. The van der Waals surface area contributed by atoms with Gasteiger partial charge in [-0.05, 0) is 11.3 Å². The van der Waals surface area contributed by atoms with Crippen molar-refractivity contribution in [3.8, 4) is 0 Å². The van der Waals surface area contributed by atoms with Crippen molar-refractivity contribution in [2.75, 3.05) is 14.1 Å². The molecule has 0 atom stereocenters. The average molecular weight is 184 g/mol. The average Bonchev–Trinajstić information content (AvgIpc) is 2.00. The number of hydrogen-bond acceptors (Lipinski definition) is 2. The molecule has 0 unspecified atom stereocenters. The standard InChI is InChI=1S/C9H16N2S/c1-6-8(2)12-9(3)10-7-11(4)5/h7H,2-3,6H2,1,4-5H3. The highest BCUT2D eigenvalue weighted by atomic mass is 32.2. The molecule has 0 saturated carbocycles. The van der Waals surface area contributed by atoms with Gasteiger partial charge in [-0.2, -0.15) is 0 Å². The third kappa shape index (κ3) is 6.04. The maximum Gasteiger partial charge on any atom is 0.0950 e. The first-order valence-electron chi connectivity index (χ1n) is 3.81. The van der Waals surface area contributed by atoms with Crippen molar-refractivity contribution >= 4 is 18.1 Å². The van der Waals surface area contributed by atoms with Crippen molar-refractivity contribution in [3.05, 3.63) is 23.1 Å². The van der Waals surface area contributed by atoms with E-state index in [2.05, 4.69) is 25.1 Å². The number of allylic oxidation sites excluding steroid dienone is 1. The van der Waals surface area contributed by atoms with Crippen molar-refractivity contribution in [1.82, 2.24) is 4.90 Å². The molecule has 2 nitrogen and oxygen atoms in total. The van der Waals surface area contributed by atoms with Gasteiger partial charge in [0, 0.05) is 14.1 Å². The Kier molecular flexibility index (Phi) is 5.54. The first-order valence-corrected chi connectivity index (χ1v) is 4.63. The summed E-state index contributed by atoms with van der Waals surface area (Å²) in [6.07, 6.45) is 2.69. The Bertz CT molecular complexity index is 195. The summed E-state index contributed by atoms with van der Waals surface area (Å²) >= 11 is 1.53. The van der Waals surface area contributed by atoms with E-state index in [9.17, 15) is 0 Å². The summed E-state index contributed by atoms with van der Waals surface area (Å²) in [6.45, 7) is 9.71. The van der Waals surface area contributed by atoms with Crippen LogP contribution in [0, 0.1) is 0 Å². The molecule has 0 spiro atoms. The maximum absolute atomic E-state index is 4.12. The molecule has 0 rings (SSSR count). The van der Waals surface area contributed by atoms with Crippen LogP contribution in [-0.4, -0.2) is 25.3 Å². The molecule has 0 aliphatic rings. The van der Waals surface area contributed by atoms with E-state index in [4.69, 9.17) is 0 Å². The predicted molar refractivity (Wildman–Crippen MR) is 58.3 cm³/mol. The van der Waals surface area contributed by atoms with Crippen LogP contribution in [0.2, 0.25) is 0 Å². The minimum Gasteiger partial charge on any atom is -0.369 e. The Morgan fingerprint density at radius 1 is 1.50 bits per heavy atom. The van der Waals surface area contributed by atoms with Crippen LogP contribution in [0.3, 0.4) is 0 Å². The van der Waals surface area contributed by atoms with E-state index in [1.807, 2.05) is 19.0 Å². The lowest BCUT2D eigenvalue weighted by Crippen LogP contribution is -2.07. The summed E-state index contributed by atoms with van der Waals surface area (Å²) in [4.78, 5) is 7.09. The van der Waals surface area contributed by atoms with Gasteiger partial charge in [-0.15, -0.1) is 0 Å². The van der Waals surface area contributed by atoms with Crippen LogP contribution in [-0.2, 0) is 0 Å². The van der Waals surface area contributed by atoms with Gasteiger partial charge in [0.2, 0.25) is 0 Å². The first-order chi connectivity index (χ1) is 5.56. The highest BCUT2D eigenvalue weighted by Gasteiger charge is 1.93. The van der Waals surface area contributed by atoms with Gasteiger partial charge >= 0.3 is 0 Å². The van der Waals surface area contributed by atoms with Crippen LogP contribution in [0.4, 0.5) is 0 Å². The van der Waals surface area contributed by atoms with Crippen LogP contribution in [0.5, 0.6) is 0 Å². The topological polar surface area (TPSA) is 15.6 Å². The fourth-order valence-corrected chi connectivity index (χ4v) is 1.02. The van der Waals surface area contributed by atoms with Crippen molar-refractivity contribution in [2.24, 2.45) is 4.99 Å². The molecule has 0 N–H and O–H groups in total. The minimum absolute atomic E-state index is 0.788. The van der Waals surface area contributed by atoms with E-state index in [0.29, 0.717) is 0 Å². The van der Waals surface area contributed by atoms with Crippen LogP contribution in [0.15, 0.2) is 28.1 Å². The third-order valence-electron chi connectivity index (χ3n) is 1.09. The number of hydrogen-bond donors (Lipinski definition) is 0. The lowest BCUT2D eigenvalue weighted by Gasteiger charge is -2.04. The van der Waals surface area contributed by atoms with Gasteiger partial charge in [-0.1, -0.05) is 31.8 Å². The van der Waals surface area contributed by atoms with Gasteiger partial charge < -0.3 is 4.90 Å². The zero-order valence-corrected chi connectivity index (χ0v) is 8.82. The van der Waals surface area contributed by atoms with Gasteiger partial charge in [0.05, 0.1) is 11.4 Å². The Morgan fingerprint density at radius 3 is 2.50 bits per heavy atom. The van der Waals surface area contributed by atoms with Gasteiger partial charge in [-0.3, -0.25) is 0 Å². The van der Waals surface area contributed by atoms with Crippen molar-refractivity contribution in [3.63, 3.8) is 0 Å². The maximum atomic E-state index is 4.12. The molecule has 0 aliphatic carbocycles. The molecule has 0 aromatic rings. The summed E-state index contributed by atoms with van der Waals surface area (Å²) in [5.74, 6) is 0. The van der Waals surface area contributed by atoms with E-state index in [0.717, 1.165) is 16.4 Å². The largest absolute Gasteiger partial charge is 0.369 e. The Morgan fingerprint density at radius 2 is 2.08 bits per heavy atom. The van der Waals surface area contributed by atoms with E-state index < -0.39 is 0 Å². The molecule has 0 amide bonds. The molecular formula is C9H16N2S. The van der Waals surface area contributed by atoms with Crippen LogP contribution < -0.4 is 0 Å². The molecule has 0 fully saturated rings. The number of aliphatic imine (C=N–C) groups is 1. The molecule has 0 aromatic heterocycles. The Balaban J connectivity index is 3.82. The molecule has 3 heteroatoms. The zero-order valence-electron chi connectivity index (χ0n) is 8.00. The van der Waals surface area contributed by atoms with Crippen LogP contribution >= 0.6 is 11.8 Å². The van der Waals surface area contributed by atoms with Crippen molar-refractivity contribution < 1.29 is 0 Å². The number of thioether (sulfide) groups is 1. The normalized spacial score (nSPS) is 10.2. The van der Waals surface area contributed by atoms with Gasteiger partial charge in [0.25, 0.3) is 0 Å². The molecule has 12 heavy (non-hydrogen) atoms. The van der Waals surface area contributed by atoms with E-state index in [-0.39, 0.29) is 0 Å². The molecule has 68 valence electrons. The second-order valence-electron chi connectivity index (χ2n) is 2.60. The summed E-state index contributed by atoms with van der Waals surface area (Å²) in [7, 11) is 3.85. The number of nitrogens with zero attached hydrogens (tertiary/aromatic N) is 2. The fraction of sp³-hybridized carbons (Fsp3) is 0.444. The minimum atomic E-state index is 0.788. The second-order valence-corrected chi connectivity index (χ2v) is 3.85. The first kappa shape index (κ1) is 11.3. The monoisotopic (exact) mass is 184 g/mol. The number of rotatable bonds is 5. The quantitative estimate of drug-likeness (QED) is 0.482. The van der Waals surface area contributed by atoms with Crippen molar-refractivity contribution in [2.45, 2.75) is 13.3 Å². The highest BCUT2D eigenvalue weighted by Crippen LogP contribution is 2.24. The third-order valence-corrected chi connectivity index (χ3v) is 2.01. The van der Waals surface area contributed by atoms with Gasteiger partial charge in [0.15, 0.2) is 0 Å². The Hall–Kier alpha value is -0.700. The molecule has 0 radical (unpaired) electrons. The lowest BCUT2D eigenvalue weighted by atomic mass is 10.5. The van der Waals surface area contributed by atoms with Crippen molar-refractivity contribution in [1.29, 1.82) is 0 Å². The van der Waals surface area contributed by atoms with E-state index >= 15 is 0 Å². The molecule has 0 heterocycles. The Labute approximate surface area is 79.1 Å². The summed E-state index contributed by atoms with van der Waals surface area (Å²) < 4.78 is 0. The van der Waals surface area contributed by atoms with Gasteiger partial charge in [-0.25, -0.2) is 4.99 Å². The second kappa shape index (κ2) is 5.89. The van der Waals surface area contributed by atoms with E-state index in [1.165, 1.54) is 11.8 Å². The predicted octanol–water partition coefficient (Wildman–Crippen LogP) is 2.70. The summed E-state index contributed by atoms with van der Waals surface area (Å²) in [5, 5.41) is 0.788. The zero-order chi connectivity index (χ0) is 9.56. The molecule has 0 aromatic carbocycles. The molecular weight excluding hydrogens is 168 g/mol. The molecule has 0 saturated heterocycles. The fourth-order valence-electron chi connectivity index (χ4n) is 0.445.